The summed E-state index contributed by atoms with van der Waals surface area (Å²) in [6.07, 6.45) is 4.26. The fourth-order valence-corrected chi connectivity index (χ4v) is 3.98. The molecule has 1 aliphatic rings. The van der Waals surface area contributed by atoms with Crippen LogP contribution < -0.4 is 10.1 Å². The second-order valence-electron chi connectivity index (χ2n) is 7.11. The van der Waals surface area contributed by atoms with Crippen LogP contribution >= 0.6 is 0 Å². The summed E-state index contributed by atoms with van der Waals surface area (Å²) >= 11 is 0. The van der Waals surface area contributed by atoms with Gasteiger partial charge >= 0.3 is 0 Å². The van der Waals surface area contributed by atoms with E-state index in [4.69, 9.17) is 4.74 Å². The first-order valence-corrected chi connectivity index (χ1v) is 9.13. The molecule has 1 amide bonds. The maximum Gasteiger partial charge on any atom is 0.273 e. The summed E-state index contributed by atoms with van der Waals surface area (Å²) in [5, 5.41) is 14.1. The number of nitro benzene ring substituents is 1. The zero-order valence-corrected chi connectivity index (χ0v) is 15.7. The molecular weight excluding hydrogens is 344 g/mol. The van der Waals surface area contributed by atoms with Gasteiger partial charge in [-0.2, -0.15) is 0 Å². The fraction of sp³-hybridized carbons (Fsp3) is 0.381. The zero-order valence-electron chi connectivity index (χ0n) is 15.7. The van der Waals surface area contributed by atoms with Gasteiger partial charge in [-0.05, 0) is 43.5 Å². The quantitative estimate of drug-likeness (QED) is 0.613. The van der Waals surface area contributed by atoms with E-state index >= 15 is 0 Å². The molecule has 0 aliphatic heterocycles. The van der Waals surface area contributed by atoms with E-state index in [-0.39, 0.29) is 17.0 Å². The Morgan fingerprint density at radius 3 is 2.44 bits per heavy atom. The van der Waals surface area contributed by atoms with E-state index in [1.54, 1.807) is 26.2 Å². The predicted octanol–water partition coefficient (Wildman–Crippen LogP) is 4.15. The SMILES string of the molecule is COc1ccc(C2(CNC(=O)c3cccc([N+](=O)[O-])c3C)CCCC2)cc1. The zero-order chi connectivity index (χ0) is 19.4. The number of benzene rings is 2. The number of hydrogen-bond acceptors (Lipinski definition) is 4. The number of methoxy groups -OCH3 is 1. The highest BCUT2D eigenvalue weighted by atomic mass is 16.6. The van der Waals surface area contributed by atoms with Crippen LogP contribution in [0.5, 0.6) is 5.75 Å². The molecule has 27 heavy (non-hydrogen) atoms. The molecule has 0 unspecified atom stereocenters. The molecule has 2 aromatic carbocycles. The smallest absolute Gasteiger partial charge is 0.273 e. The van der Waals surface area contributed by atoms with Crippen molar-refractivity contribution in [3.8, 4) is 5.75 Å². The molecule has 0 saturated heterocycles. The lowest BCUT2D eigenvalue weighted by Crippen LogP contribution is -2.39. The molecule has 142 valence electrons. The molecule has 1 saturated carbocycles. The lowest BCUT2D eigenvalue weighted by Gasteiger charge is -2.30. The largest absolute Gasteiger partial charge is 0.497 e. The minimum Gasteiger partial charge on any atom is -0.497 e. The summed E-state index contributed by atoms with van der Waals surface area (Å²) < 4.78 is 5.24. The van der Waals surface area contributed by atoms with Gasteiger partial charge in [-0.3, -0.25) is 14.9 Å². The lowest BCUT2D eigenvalue weighted by atomic mass is 9.78. The maximum absolute atomic E-state index is 12.7. The Hall–Kier alpha value is -2.89. The van der Waals surface area contributed by atoms with E-state index in [1.165, 1.54) is 11.6 Å². The fourth-order valence-electron chi connectivity index (χ4n) is 3.98. The van der Waals surface area contributed by atoms with Crippen molar-refractivity contribution in [3.05, 3.63) is 69.3 Å². The van der Waals surface area contributed by atoms with E-state index in [0.717, 1.165) is 31.4 Å². The van der Waals surface area contributed by atoms with Crippen LogP contribution in [0, 0.1) is 17.0 Å². The second kappa shape index (κ2) is 7.78. The lowest BCUT2D eigenvalue weighted by molar-refractivity contribution is -0.385. The van der Waals surface area contributed by atoms with E-state index in [9.17, 15) is 14.9 Å². The molecule has 0 radical (unpaired) electrons. The van der Waals surface area contributed by atoms with Gasteiger partial charge < -0.3 is 10.1 Å². The normalized spacial score (nSPS) is 15.3. The molecule has 6 heteroatoms. The van der Waals surface area contributed by atoms with Crippen LogP contribution in [0.4, 0.5) is 5.69 Å². The Morgan fingerprint density at radius 1 is 1.19 bits per heavy atom. The average molecular weight is 368 g/mol. The van der Waals surface area contributed by atoms with E-state index in [2.05, 4.69) is 17.4 Å². The number of ether oxygens (including phenoxy) is 1. The van der Waals surface area contributed by atoms with Gasteiger partial charge in [0.25, 0.3) is 11.6 Å². The second-order valence-corrected chi connectivity index (χ2v) is 7.11. The summed E-state index contributed by atoms with van der Waals surface area (Å²) in [5.74, 6) is 0.541. The van der Waals surface area contributed by atoms with Crippen molar-refractivity contribution >= 4 is 11.6 Å². The Bertz CT molecular complexity index is 840. The third-order valence-electron chi connectivity index (χ3n) is 5.60. The van der Waals surface area contributed by atoms with Crippen molar-refractivity contribution in [2.45, 2.75) is 38.0 Å². The number of nitro groups is 1. The number of nitrogens with one attached hydrogen (secondary N) is 1. The standard InChI is InChI=1S/C21H24N2O4/c1-15-18(6-5-7-19(15)23(25)26)20(24)22-14-21(12-3-4-13-21)16-8-10-17(27-2)11-9-16/h5-11H,3-4,12-14H2,1-2H3,(H,22,24). The van der Waals surface area contributed by atoms with Gasteiger partial charge in [0.05, 0.1) is 12.0 Å². The van der Waals surface area contributed by atoms with Crippen LogP contribution in [0.1, 0.15) is 47.2 Å². The molecule has 1 fully saturated rings. The summed E-state index contributed by atoms with van der Waals surface area (Å²) in [4.78, 5) is 23.4. The molecule has 1 aliphatic carbocycles. The van der Waals surface area contributed by atoms with Gasteiger partial charge in [-0.25, -0.2) is 0 Å². The molecule has 1 N–H and O–H groups in total. The number of hydrogen-bond donors (Lipinski definition) is 1. The Kier molecular flexibility index (Phi) is 5.44. The minimum atomic E-state index is -0.456. The van der Waals surface area contributed by atoms with Gasteiger partial charge in [-0.1, -0.05) is 31.0 Å². The summed E-state index contributed by atoms with van der Waals surface area (Å²) in [6.45, 7) is 2.13. The Morgan fingerprint density at radius 2 is 1.85 bits per heavy atom. The van der Waals surface area contributed by atoms with E-state index < -0.39 is 4.92 Å². The van der Waals surface area contributed by atoms with Crippen LogP contribution in [0.2, 0.25) is 0 Å². The molecule has 0 bridgehead atoms. The third kappa shape index (κ3) is 3.79. The average Bonchev–Trinajstić information content (AvgIpc) is 3.16. The summed E-state index contributed by atoms with van der Waals surface area (Å²) in [7, 11) is 1.64. The van der Waals surface area contributed by atoms with E-state index in [1.807, 2.05) is 12.1 Å². The first-order valence-electron chi connectivity index (χ1n) is 9.13. The molecule has 6 nitrogen and oxygen atoms in total. The molecule has 0 atom stereocenters. The Balaban J connectivity index is 1.79. The van der Waals surface area contributed by atoms with Crippen LogP contribution in [0.25, 0.3) is 0 Å². The predicted molar refractivity (Wildman–Crippen MR) is 103 cm³/mol. The number of amides is 1. The van der Waals surface area contributed by atoms with Gasteiger partial charge in [-0.15, -0.1) is 0 Å². The highest BCUT2D eigenvalue weighted by molar-refractivity contribution is 5.96. The monoisotopic (exact) mass is 368 g/mol. The van der Waals surface area contributed by atoms with Crippen molar-refractivity contribution < 1.29 is 14.5 Å². The maximum atomic E-state index is 12.7. The molecular formula is C21H24N2O4. The molecule has 2 aromatic rings. The molecule has 0 heterocycles. The number of carbonyl (C=O) groups is 1. The first kappa shape index (κ1) is 18.9. The van der Waals surface area contributed by atoms with E-state index in [0.29, 0.717) is 17.7 Å². The highest BCUT2D eigenvalue weighted by Gasteiger charge is 2.36. The number of carbonyl (C=O) groups excluding carboxylic acids is 1. The third-order valence-corrected chi connectivity index (χ3v) is 5.60. The van der Waals surface area contributed by atoms with Crippen molar-refractivity contribution in [2.75, 3.05) is 13.7 Å². The van der Waals surface area contributed by atoms with Gasteiger partial charge in [0.15, 0.2) is 0 Å². The van der Waals surface area contributed by atoms with Crippen molar-refractivity contribution in [3.63, 3.8) is 0 Å². The van der Waals surface area contributed by atoms with Crippen molar-refractivity contribution in [1.82, 2.24) is 5.32 Å². The number of rotatable bonds is 6. The minimum absolute atomic E-state index is 0.0339. The first-order chi connectivity index (χ1) is 13.0. The van der Waals surface area contributed by atoms with Crippen LogP contribution in [-0.4, -0.2) is 24.5 Å². The molecule has 0 spiro atoms. The van der Waals surface area contributed by atoms with Crippen LogP contribution in [0.15, 0.2) is 42.5 Å². The van der Waals surface area contributed by atoms with Crippen LogP contribution in [0.3, 0.4) is 0 Å². The van der Waals surface area contributed by atoms with Crippen molar-refractivity contribution in [2.24, 2.45) is 0 Å². The number of nitrogens with zero attached hydrogens (tertiary/aromatic N) is 1. The molecule has 0 aromatic heterocycles. The summed E-state index contributed by atoms with van der Waals surface area (Å²) in [5.41, 5.74) is 1.80. The van der Waals surface area contributed by atoms with Gasteiger partial charge in [0.2, 0.25) is 0 Å². The van der Waals surface area contributed by atoms with Gasteiger partial charge in [0, 0.05) is 29.2 Å². The van der Waals surface area contributed by atoms with Crippen molar-refractivity contribution in [1.29, 1.82) is 0 Å². The topological polar surface area (TPSA) is 81.5 Å². The van der Waals surface area contributed by atoms with Crippen LogP contribution in [-0.2, 0) is 5.41 Å². The Labute approximate surface area is 158 Å². The highest BCUT2D eigenvalue weighted by Crippen LogP contribution is 2.41. The summed E-state index contributed by atoms with van der Waals surface area (Å²) in [6, 6.07) is 12.6. The van der Waals surface area contributed by atoms with Gasteiger partial charge in [0.1, 0.15) is 5.75 Å². The molecule has 3 rings (SSSR count).